The SMILES string of the molecule is CCNC(=O)[C@@H]1C[C@H](N)CN1C(=O)c1cccc(CCC(C)(C)O)c1. The van der Waals surface area contributed by atoms with Crippen molar-refractivity contribution in [2.75, 3.05) is 13.1 Å². The molecule has 1 aliphatic heterocycles. The predicted octanol–water partition coefficient (Wildman–Crippen LogP) is 1.07. The van der Waals surface area contributed by atoms with Gasteiger partial charge in [-0.3, -0.25) is 9.59 Å². The summed E-state index contributed by atoms with van der Waals surface area (Å²) in [4.78, 5) is 26.7. The van der Waals surface area contributed by atoms with Crippen LogP contribution in [0.3, 0.4) is 0 Å². The molecule has 0 spiro atoms. The van der Waals surface area contributed by atoms with Crippen LogP contribution in [0.15, 0.2) is 24.3 Å². The maximum Gasteiger partial charge on any atom is 0.254 e. The van der Waals surface area contributed by atoms with Crippen LogP contribution in [0.4, 0.5) is 0 Å². The van der Waals surface area contributed by atoms with E-state index in [0.29, 0.717) is 37.9 Å². The fourth-order valence-corrected chi connectivity index (χ4v) is 3.11. The predicted molar refractivity (Wildman–Crippen MR) is 97.2 cm³/mol. The number of hydrogen-bond donors (Lipinski definition) is 3. The Morgan fingerprint density at radius 2 is 2.12 bits per heavy atom. The number of nitrogens with one attached hydrogen (secondary N) is 1. The number of likely N-dealkylation sites (N-methyl/N-ethyl adjacent to an activating group) is 1. The average molecular weight is 347 g/mol. The van der Waals surface area contributed by atoms with E-state index in [1.54, 1.807) is 24.8 Å². The second-order valence-corrected chi connectivity index (χ2v) is 7.38. The van der Waals surface area contributed by atoms with E-state index in [2.05, 4.69) is 5.32 Å². The van der Waals surface area contributed by atoms with Gasteiger partial charge in [0.25, 0.3) is 5.91 Å². The number of likely N-dealkylation sites (tertiary alicyclic amines) is 1. The largest absolute Gasteiger partial charge is 0.390 e. The minimum absolute atomic E-state index is 0.151. The topological polar surface area (TPSA) is 95.7 Å². The van der Waals surface area contributed by atoms with Gasteiger partial charge in [-0.05, 0) is 57.7 Å². The minimum atomic E-state index is -0.745. The molecule has 138 valence electrons. The van der Waals surface area contributed by atoms with E-state index in [1.807, 2.05) is 25.1 Å². The first-order valence-corrected chi connectivity index (χ1v) is 8.87. The Bertz CT molecular complexity index is 625. The molecule has 0 aliphatic carbocycles. The standard InChI is InChI=1S/C19H29N3O3/c1-4-21-17(23)16-11-15(20)12-22(16)18(24)14-7-5-6-13(10-14)8-9-19(2,3)25/h5-7,10,15-16,25H,4,8-9,11-12,20H2,1-3H3,(H,21,23)/t15-,16-/m0/s1. The first-order valence-electron chi connectivity index (χ1n) is 8.87. The average Bonchev–Trinajstić information content (AvgIpc) is 2.94. The summed E-state index contributed by atoms with van der Waals surface area (Å²) in [6.07, 6.45) is 1.78. The van der Waals surface area contributed by atoms with Crippen LogP contribution < -0.4 is 11.1 Å². The fraction of sp³-hybridized carbons (Fsp3) is 0.579. The molecule has 0 saturated carbocycles. The summed E-state index contributed by atoms with van der Waals surface area (Å²) in [7, 11) is 0. The molecule has 1 saturated heterocycles. The van der Waals surface area contributed by atoms with Crippen LogP contribution in [0, 0.1) is 0 Å². The van der Waals surface area contributed by atoms with Gasteiger partial charge in [-0.1, -0.05) is 12.1 Å². The molecular formula is C19H29N3O3. The molecule has 2 rings (SSSR count). The lowest BCUT2D eigenvalue weighted by Crippen LogP contribution is -2.46. The summed E-state index contributed by atoms with van der Waals surface area (Å²) in [5, 5.41) is 12.6. The van der Waals surface area contributed by atoms with Crippen LogP contribution in [-0.2, 0) is 11.2 Å². The summed E-state index contributed by atoms with van der Waals surface area (Å²) >= 11 is 0. The highest BCUT2D eigenvalue weighted by atomic mass is 16.3. The zero-order valence-electron chi connectivity index (χ0n) is 15.3. The van der Waals surface area contributed by atoms with Crippen molar-refractivity contribution in [3.05, 3.63) is 35.4 Å². The van der Waals surface area contributed by atoms with E-state index < -0.39 is 11.6 Å². The van der Waals surface area contributed by atoms with Crippen LogP contribution in [-0.4, -0.2) is 52.6 Å². The van der Waals surface area contributed by atoms with Gasteiger partial charge in [0.1, 0.15) is 6.04 Å². The smallest absolute Gasteiger partial charge is 0.254 e. The van der Waals surface area contributed by atoms with Crippen LogP contribution in [0.5, 0.6) is 0 Å². The van der Waals surface area contributed by atoms with Gasteiger partial charge in [0.05, 0.1) is 5.60 Å². The first kappa shape index (κ1) is 19.4. The van der Waals surface area contributed by atoms with E-state index in [4.69, 9.17) is 5.73 Å². The van der Waals surface area contributed by atoms with Gasteiger partial charge in [0.15, 0.2) is 0 Å². The molecule has 1 heterocycles. The van der Waals surface area contributed by atoms with E-state index in [-0.39, 0.29) is 17.9 Å². The molecule has 4 N–H and O–H groups in total. The number of rotatable bonds is 6. The lowest BCUT2D eigenvalue weighted by molar-refractivity contribution is -0.124. The third kappa shape index (κ3) is 5.28. The number of amides is 2. The van der Waals surface area contributed by atoms with Gasteiger partial charge < -0.3 is 21.1 Å². The van der Waals surface area contributed by atoms with Crippen molar-refractivity contribution < 1.29 is 14.7 Å². The van der Waals surface area contributed by atoms with Crippen LogP contribution in [0.2, 0.25) is 0 Å². The van der Waals surface area contributed by atoms with Gasteiger partial charge in [-0.2, -0.15) is 0 Å². The lowest BCUT2D eigenvalue weighted by Gasteiger charge is -2.24. The van der Waals surface area contributed by atoms with Crippen molar-refractivity contribution in [2.24, 2.45) is 5.73 Å². The van der Waals surface area contributed by atoms with Crippen LogP contribution >= 0.6 is 0 Å². The molecule has 2 atom stereocenters. The second kappa shape index (κ2) is 7.97. The molecule has 0 bridgehead atoms. The van der Waals surface area contributed by atoms with Crippen molar-refractivity contribution in [1.82, 2.24) is 10.2 Å². The van der Waals surface area contributed by atoms with Crippen molar-refractivity contribution in [3.8, 4) is 0 Å². The third-order valence-corrected chi connectivity index (χ3v) is 4.45. The Morgan fingerprint density at radius 3 is 2.76 bits per heavy atom. The highest BCUT2D eigenvalue weighted by Crippen LogP contribution is 2.21. The fourth-order valence-electron chi connectivity index (χ4n) is 3.11. The normalized spacial score (nSPS) is 20.6. The quantitative estimate of drug-likeness (QED) is 0.717. The number of nitrogens with zero attached hydrogens (tertiary/aromatic N) is 1. The van der Waals surface area contributed by atoms with Gasteiger partial charge >= 0.3 is 0 Å². The van der Waals surface area contributed by atoms with Gasteiger partial charge in [-0.25, -0.2) is 0 Å². The van der Waals surface area contributed by atoms with E-state index in [1.165, 1.54) is 0 Å². The molecular weight excluding hydrogens is 318 g/mol. The summed E-state index contributed by atoms with van der Waals surface area (Å²) in [5.74, 6) is -0.323. The van der Waals surface area contributed by atoms with Crippen molar-refractivity contribution >= 4 is 11.8 Å². The Hall–Kier alpha value is -1.92. The Kier molecular flexibility index (Phi) is 6.19. The monoisotopic (exact) mass is 347 g/mol. The van der Waals surface area contributed by atoms with Crippen molar-refractivity contribution in [1.29, 1.82) is 0 Å². The number of benzene rings is 1. The van der Waals surface area contributed by atoms with Crippen LogP contribution in [0.25, 0.3) is 0 Å². The zero-order valence-corrected chi connectivity index (χ0v) is 15.3. The number of carbonyl (C=O) groups excluding carboxylic acids is 2. The molecule has 6 nitrogen and oxygen atoms in total. The molecule has 1 aliphatic rings. The summed E-state index contributed by atoms with van der Waals surface area (Å²) in [6, 6.07) is 6.68. The molecule has 0 unspecified atom stereocenters. The molecule has 1 aromatic carbocycles. The van der Waals surface area contributed by atoms with Crippen LogP contribution in [0.1, 0.15) is 49.5 Å². The number of hydrogen-bond acceptors (Lipinski definition) is 4. The van der Waals surface area contributed by atoms with Crippen molar-refractivity contribution in [2.45, 2.75) is 57.7 Å². The first-order chi connectivity index (χ1) is 11.7. The van der Waals surface area contributed by atoms with Gasteiger partial charge in [0.2, 0.25) is 5.91 Å². The number of aryl methyl sites for hydroxylation is 1. The summed E-state index contributed by atoms with van der Waals surface area (Å²) in [5.41, 5.74) is 6.79. The number of carbonyl (C=O) groups is 2. The Morgan fingerprint density at radius 1 is 1.40 bits per heavy atom. The van der Waals surface area contributed by atoms with E-state index in [9.17, 15) is 14.7 Å². The van der Waals surface area contributed by atoms with Gasteiger partial charge in [-0.15, -0.1) is 0 Å². The molecule has 25 heavy (non-hydrogen) atoms. The second-order valence-electron chi connectivity index (χ2n) is 7.38. The molecule has 0 aromatic heterocycles. The minimum Gasteiger partial charge on any atom is -0.390 e. The van der Waals surface area contributed by atoms with Crippen molar-refractivity contribution in [3.63, 3.8) is 0 Å². The maximum absolute atomic E-state index is 12.9. The molecule has 0 radical (unpaired) electrons. The third-order valence-electron chi connectivity index (χ3n) is 4.45. The number of aliphatic hydroxyl groups is 1. The molecule has 1 fully saturated rings. The van der Waals surface area contributed by atoms with Gasteiger partial charge in [0, 0.05) is 24.7 Å². The molecule has 1 aromatic rings. The summed E-state index contributed by atoms with van der Waals surface area (Å²) in [6.45, 7) is 6.30. The lowest BCUT2D eigenvalue weighted by atomic mass is 9.97. The van der Waals surface area contributed by atoms with E-state index >= 15 is 0 Å². The van der Waals surface area contributed by atoms with E-state index in [0.717, 1.165) is 5.56 Å². The molecule has 2 amide bonds. The highest BCUT2D eigenvalue weighted by Gasteiger charge is 2.38. The number of nitrogens with two attached hydrogens (primary N) is 1. The summed E-state index contributed by atoms with van der Waals surface area (Å²) < 4.78 is 0. The Labute approximate surface area is 149 Å². The zero-order chi connectivity index (χ0) is 18.6. The molecule has 6 heteroatoms. The highest BCUT2D eigenvalue weighted by molar-refractivity contribution is 5.98. The Balaban J connectivity index is 2.14. The maximum atomic E-state index is 12.9.